The van der Waals surface area contributed by atoms with E-state index in [4.69, 9.17) is 4.52 Å². The largest absolute Gasteiger partial charge is 0.367 e. The SMILES string of the molecule is Cc1cc(-c2ncnn3cc(N4CCN(C)C(C)C4)cc23)ccc1CNC(=O)c1noc(C(C)(C)C)n1. The van der Waals surface area contributed by atoms with E-state index in [9.17, 15) is 4.79 Å². The van der Waals surface area contributed by atoms with Crippen LogP contribution in [-0.2, 0) is 12.0 Å². The highest BCUT2D eigenvalue weighted by Crippen LogP contribution is 2.29. The van der Waals surface area contributed by atoms with Gasteiger partial charge in [0.15, 0.2) is 0 Å². The summed E-state index contributed by atoms with van der Waals surface area (Å²) in [5.41, 5.74) is 5.76. The fourth-order valence-corrected chi connectivity index (χ4v) is 4.51. The number of piperazine rings is 1. The van der Waals surface area contributed by atoms with E-state index in [1.165, 1.54) is 0 Å². The number of rotatable bonds is 5. The summed E-state index contributed by atoms with van der Waals surface area (Å²) < 4.78 is 7.14. The predicted molar refractivity (Wildman–Crippen MR) is 142 cm³/mol. The molecule has 1 unspecified atom stereocenters. The third-order valence-electron chi connectivity index (χ3n) is 7.04. The van der Waals surface area contributed by atoms with Crippen LogP contribution >= 0.6 is 0 Å². The molecule has 1 amide bonds. The molecule has 1 fully saturated rings. The van der Waals surface area contributed by atoms with Crippen molar-refractivity contribution in [2.24, 2.45) is 0 Å². The van der Waals surface area contributed by atoms with Crippen molar-refractivity contribution >= 4 is 17.1 Å². The predicted octanol–water partition coefficient (Wildman–Crippen LogP) is 3.46. The summed E-state index contributed by atoms with van der Waals surface area (Å²) in [4.78, 5) is 26.2. The number of nitrogens with zero attached hydrogens (tertiary/aromatic N) is 7. The minimum absolute atomic E-state index is 0.0429. The number of anilines is 1. The first-order chi connectivity index (χ1) is 17.6. The second-order valence-corrected chi connectivity index (χ2v) is 10.9. The molecule has 0 bridgehead atoms. The van der Waals surface area contributed by atoms with Crippen molar-refractivity contribution in [3.63, 3.8) is 0 Å². The molecule has 5 rings (SSSR count). The van der Waals surface area contributed by atoms with Crippen molar-refractivity contribution in [1.82, 2.24) is 35.0 Å². The van der Waals surface area contributed by atoms with Crippen LogP contribution in [-0.4, -0.2) is 68.3 Å². The van der Waals surface area contributed by atoms with Gasteiger partial charge in [-0.15, -0.1) is 0 Å². The van der Waals surface area contributed by atoms with E-state index in [1.54, 1.807) is 6.33 Å². The summed E-state index contributed by atoms with van der Waals surface area (Å²) in [5.74, 6) is 0.116. The second-order valence-electron chi connectivity index (χ2n) is 10.9. The lowest BCUT2D eigenvalue weighted by Crippen LogP contribution is -2.50. The van der Waals surface area contributed by atoms with Crippen molar-refractivity contribution in [1.29, 1.82) is 0 Å². The zero-order valence-electron chi connectivity index (χ0n) is 22.3. The van der Waals surface area contributed by atoms with Crippen LogP contribution in [0.2, 0.25) is 0 Å². The third-order valence-corrected chi connectivity index (χ3v) is 7.04. The molecule has 1 aliphatic heterocycles. The molecule has 1 aliphatic rings. The molecular weight excluding hydrogens is 468 g/mol. The number of fused-ring (bicyclic) bond motifs is 1. The molecule has 0 spiro atoms. The molecule has 37 heavy (non-hydrogen) atoms. The van der Waals surface area contributed by atoms with Gasteiger partial charge in [-0.1, -0.05) is 38.1 Å². The Hall–Kier alpha value is -3.79. The molecule has 10 nitrogen and oxygen atoms in total. The van der Waals surface area contributed by atoms with E-state index in [1.807, 2.05) is 44.3 Å². The number of likely N-dealkylation sites (N-methyl/N-ethyl adjacent to an activating group) is 1. The summed E-state index contributed by atoms with van der Waals surface area (Å²) in [6, 6.07) is 8.83. The third kappa shape index (κ3) is 5.06. The summed E-state index contributed by atoms with van der Waals surface area (Å²) in [7, 11) is 2.17. The molecule has 3 aromatic heterocycles. The van der Waals surface area contributed by atoms with Gasteiger partial charge < -0.3 is 19.6 Å². The van der Waals surface area contributed by atoms with Gasteiger partial charge in [-0.05, 0) is 44.2 Å². The van der Waals surface area contributed by atoms with Crippen molar-refractivity contribution in [3.05, 3.63) is 59.6 Å². The highest BCUT2D eigenvalue weighted by molar-refractivity contribution is 5.90. The normalized spacial score (nSPS) is 16.9. The van der Waals surface area contributed by atoms with Gasteiger partial charge in [0, 0.05) is 43.2 Å². The Morgan fingerprint density at radius 2 is 2.03 bits per heavy atom. The van der Waals surface area contributed by atoms with E-state index in [2.05, 4.69) is 67.6 Å². The molecule has 1 saturated heterocycles. The zero-order chi connectivity index (χ0) is 26.3. The van der Waals surface area contributed by atoms with E-state index < -0.39 is 0 Å². The van der Waals surface area contributed by atoms with Gasteiger partial charge in [0.1, 0.15) is 6.33 Å². The Balaban J connectivity index is 1.33. The first-order valence-corrected chi connectivity index (χ1v) is 12.6. The highest BCUT2D eigenvalue weighted by Gasteiger charge is 2.25. The van der Waals surface area contributed by atoms with Crippen LogP contribution in [0.25, 0.3) is 16.8 Å². The molecular formula is C27H34N8O2. The lowest BCUT2D eigenvalue weighted by Gasteiger charge is -2.38. The highest BCUT2D eigenvalue weighted by atomic mass is 16.5. The number of hydrogen-bond acceptors (Lipinski definition) is 8. The molecule has 4 heterocycles. The van der Waals surface area contributed by atoms with Crippen LogP contribution in [0.3, 0.4) is 0 Å². The van der Waals surface area contributed by atoms with Gasteiger partial charge in [0.05, 0.1) is 23.1 Å². The quantitative estimate of drug-likeness (QED) is 0.443. The Kier molecular flexibility index (Phi) is 6.45. The monoisotopic (exact) mass is 502 g/mol. The first kappa shape index (κ1) is 24.9. The standard InChI is InChI=1S/C27H34N8O2/c1-17-11-19(7-8-20(17)13-28-25(36)24-31-26(37-32-24)27(3,4)5)23-22-12-21(15-35(22)30-16-29-23)34-10-9-33(6)18(2)14-34/h7-8,11-12,15-16,18H,9-10,13-14H2,1-6H3,(H,28,36). The maximum absolute atomic E-state index is 12.6. The molecule has 1 aromatic carbocycles. The lowest BCUT2D eigenvalue weighted by atomic mass is 9.97. The number of aromatic nitrogens is 5. The van der Waals surface area contributed by atoms with E-state index in [0.717, 1.165) is 53.2 Å². The summed E-state index contributed by atoms with van der Waals surface area (Å²) in [6.45, 7) is 13.5. The van der Waals surface area contributed by atoms with Gasteiger partial charge in [-0.25, -0.2) is 9.50 Å². The zero-order valence-corrected chi connectivity index (χ0v) is 22.3. The van der Waals surface area contributed by atoms with Crippen LogP contribution < -0.4 is 10.2 Å². The van der Waals surface area contributed by atoms with E-state index >= 15 is 0 Å². The maximum Gasteiger partial charge on any atom is 0.292 e. The fourth-order valence-electron chi connectivity index (χ4n) is 4.51. The summed E-state index contributed by atoms with van der Waals surface area (Å²) >= 11 is 0. The van der Waals surface area contributed by atoms with Crippen LogP contribution in [0, 0.1) is 6.92 Å². The molecule has 4 aromatic rings. The topological polar surface area (TPSA) is 105 Å². The smallest absolute Gasteiger partial charge is 0.292 e. The van der Waals surface area contributed by atoms with Gasteiger partial charge in [-0.3, -0.25) is 4.79 Å². The number of amides is 1. The molecule has 10 heteroatoms. The molecule has 0 aliphatic carbocycles. The number of aryl methyl sites for hydroxylation is 1. The number of carbonyl (C=O) groups excluding carboxylic acids is 1. The van der Waals surface area contributed by atoms with Crippen LogP contribution in [0.1, 0.15) is 55.3 Å². The van der Waals surface area contributed by atoms with Crippen molar-refractivity contribution in [3.8, 4) is 11.3 Å². The molecule has 1 atom stereocenters. The van der Waals surface area contributed by atoms with Gasteiger partial charge >= 0.3 is 0 Å². The van der Waals surface area contributed by atoms with Gasteiger partial charge in [0.25, 0.3) is 11.7 Å². The Bertz CT molecular complexity index is 1430. The number of hydrogen-bond donors (Lipinski definition) is 1. The van der Waals surface area contributed by atoms with E-state index in [-0.39, 0.29) is 17.1 Å². The number of benzene rings is 1. The van der Waals surface area contributed by atoms with E-state index in [0.29, 0.717) is 18.5 Å². The first-order valence-electron chi connectivity index (χ1n) is 12.6. The number of carbonyl (C=O) groups is 1. The molecule has 1 N–H and O–H groups in total. The van der Waals surface area contributed by atoms with Crippen molar-refractivity contribution in [2.45, 2.75) is 52.6 Å². The van der Waals surface area contributed by atoms with Crippen LogP contribution in [0.4, 0.5) is 5.69 Å². The average molecular weight is 503 g/mol. The Morgan fingerprint density at radius 3 is 2.73 bits per heavy atom. The molecule has 0 radical (unpaired) electrons. The minimum Gasteiger partial charge on any atom is -0.367 e. The lowest BCUT2D eigenvalue weighted by molar-refractivity contribution is 0.0937. The van der Waals surface area contributed by atoms with Crippen molar-refractivity contribution in [2.75, 3.05) is 31.6 Å². The maximum atomic E-state index is 12.6. The van der Waals surface area contributed by atoms with Gasteiger partial charge in [-0.2, -0.15) is 10.1 Å². The Morgan fingerprint density at radius 1 is 1.22 bits per heavy atom. The summed E-state index contributed by atoms with van der Waals surface area (Å²) in [5, 5.41) is 11.2. The van der Waals surface area contributed by atoms with Crippen LogP contribution in [0.15, 0.2) is 41.3 Å². The van der Waals surface area contributed by atoms with Crippen molar-refractivity contribution < 1.29 is 9.32 Å². The molecule has 194 valence electrons. The van der Waals surface area contributed by atoms with Gasteiger partial charge in [0.2, 0.25) is 5.89 Å². The molecule has 0 saturated carbocycles. The van der Waals surface area contributed by atoms with Crippen LogP contribution in [0.5, 0.6) is 0 Å². The Labute approximate surface area is 216 Å². The number of nitrogens with one attached hydrogen (secondary N) is 1. The average Bonchev–Trinajstić information content (AvgIpc) is 3.52. The minimum atomic E-state index is -0.362. The fraction of sp³-hybridized carbons (Fsp3) is 0.444. The summed E-state index contributed by atoms with van der Waals surface area (Å²) in [6.07, 6.45) is 3.68. The second kappa shape index (κ2) is 9.59.